The van der Waals surface area contributed by atoms with Gasteiger partial charge in [0.15, 0.2) is 11.5 Å². The van der Waals surface area contributed by atoms with Gasteiger partial charge in [0.05, 0.1) is 19.6 Å². The monoisotopic (exact) mass is 286 g/mol. The standard InChI is InChI=1S/C13H19ClN2O3/c1-8(13(15)17)7-19-12-9(6-16-2)4-10(14)5-11(12)18-3/h4-5,8,16H,6-7H2,1-3H3,(H2,15,17). The fourth-order valence-electron chi connectivity index (χ4n) is 1.55. The molecule has 3 N–H and O–H groups in total. The SMILES string of the molecule is CNCc1cc(Cl)cc(OC)c1OCC(C)C(N)=O. The number of primary amides is 1. The molecule has 1 unspecified atom stereocenters. The smallest absolute Gasteiger partial charge is 0.223 e. The summed E-state index contributed by atoms with van der Waals surface area (Å²) in [5.74, 6) is 0.342. The van der Waals surface area contributed by atoms with Crippen molar-refractivity contribution in [1.29, 1.82) is 0 Å². The lowest BCUT2D eigenvalue weighted by atomic mass is 10.1. The predicted molar refractivity (Wildman–Crippen MR) is 74.6 cm³/mol. The van der Waals surface area contributed by atoms with Crippen molar-refractivity contribution in [2.45, 2.75) is 13.5 Å². The van der Waals surface area contributed by atoms with Gasteiger partial charge in [-0.15, -0.1) is 0 Å². The molecule has 0 bridgehead atoms. The third kappa shape index (κ3) is 4.29. The number of carbonyl (C=O) groups excluding carboxylic acids is 1. The van der Waals surface area contributed by atoms with Crippen LogP contribution in [0, 0.1) is 5.92 Å². The maximum atomic E-state index is 11.0. The number of nitrogens with one attached hydrogen (secondary N) is 1. The number of halogens is 1. The van der Waals surface area contributed by atoms with E-state index >= 15 is 0 Å². The Labute approximate surface area is 118 Å². The summed E-state index contributed by atoms with van der Waals surface area (Å²) in [6.07, 6.45) is 0. The highest BCUT2D eigenvalue weighted by Crippen LogP contribution is 2.35. The molecule has 106 valence electrons. The zero-order valence-corrected chi connectivity index (χ0v) is 12.1. The molecule has 0 heterocycles. The van der Waals surface area contributed by atoms with E-state index < -0.39 is 5.91 Å². The highest BCUT2D eigenvalue weighted by Gasteiger charge is 2.15. The van der Waals surface area contributed by atoms with Gasteiger partial charge in [0.1, 0.15) is 0 Å². The van der Waals surface area contributed by atoms with Crippen molar-refractivity contribution in [3.63, 3.8) is 0 Å². The molecule has 19 heavy (non-hydrogen) atoms. The van der Waals surface area contributed by atoms with Crippen molar-refractivity contribution >= 4 is 17.5 Å². The van der Waals surface area contributed by atoms with Gasteiger partial charge in [-0.05, 0) is 13.1 Å². The molecule has 1 rings (SSSR count). The molecule has 0 aromatic heterocycles. The van der Waals surface area contributed by atoms with E-state index in [0.717, 1.165) is 5.56 Å². The first kappa shape index (κ1) is 15.6. The zero-order chi connectivity index (χ0) is 14.4. The van der Waals surface area contributed by atoms with Crippen molar-refractivity contribution in [2.24, 2.45) is 11.7 Å². The van der Waals surface area contributed by atoms with E-state index in [9.17, 15) is 4.79 Å². The average molecular weight is 287 g/mol. The second kappa shape index (κ2) is 7.21. The molecule has 0 saturated heterocycles. The number of hydrogen-bond acceptors (Lipinski definition) is 4. The average Bonchev–Trinajstić information content (AvgIpc) is 2.36. The Morgan fingerprint density at radius 2 is 2.21 bits per heavy atom. The molecule has 0 saturated carbocycles. The third-order valence-electron chi connectivity index (χ3n) is 2.65. The predicted octanol–water partition coefficient (Wildman–Crippen LogP) is 1.57. The topological polar surface area (TPSA) is 73.6 Å². The molecule has 1 aromatic carbocycles. The van der Waals surface area contributed by atoms with E-state index in [0.29, 0.717) is 23.1 Å². The van der Waals surface area contributed by atoms with Gasteiger partial charge in [0.2, 0.25) is 5.91 Å². The minimum atomic E-state index is -0.400. The van der Waals surface area contributed by atoms with Crippen LogP contribution in [0.3, 0.4) is 0 Å². The second-order valence-corrected chi connectivity index (χ2v) is 4.68. The number of hydrogen-bond donors (Lipinski definition) is 2. The summed E-state index contributed by atoms with van der Waals surface area (Å²) >= 11 is 6.01. The van der Waals surface area contributed by atoms with Gasteiger partial charge in [-0.3, -0.25) is 4.79 Å². The van der Waals surface area contributed by atoms with Gasteiger partial charge in [0.25, 0.3) is 0 Å². The minimum absolute atomic E-state index is 0.198. The zero-order valence-electron chi connectivity index (χ0n) is 11.3. The van der Waals surface area contributed by atoms with E-state index in [2.05, 4.69) is 5.32 Å². The maximum Gasteiger partial charge on any atom is 0.223 e. The lowest BCUT2D eigenvalue weighted by molar-refractivity contribution is -0.122. The van der Waals surface area contributed by atoms with Crippen LogP contribution < -0.4 is 20.5 Å². The van der Waals surface area contributed by atoms with Gasteiger partial charge < -0.3 is 20.5 Å². The Kier molecular flexibility index (Phi) is 5.92. The summed E-state index contributed by atoms with van der Waals surface area (Å²) in [5.41, 5.74) is 6.07. The molecule has 1 amide bonds. The Morgan fingerprint density at radius 1 is 1.53 bits per heavy atom. The van der Waals surface area contributed by atoms with E-state index in [1.807, 2.05) is 7.05 Å². The van der Waals surface area contributed by atoms with Crippen LogP contribution in [-0.4, -0.2) is 26.7 Å². The second-order valence-electron chi connectivity index (χ2n) is 4.24. The number of methoxy groups -OCH3 is 1. The highest BCUT2D eigenvalue weighted by atomic mass is 35.5. The fourth-order valence-corrected chi connectivity index (χ4v) is 1.78. The quantitative estimate of drug-likeness (QED) is 0.798. The first-order chi connectivity index (χ1) is 8.99. The minimum Gasteiger partial charge on any atom is -0.493 e. The van der Waals surface area contributed by atoms with Crippen molar-refractivity contribution in [3.8, 4) is 11.5 Å². The fraction of sp³-hybridized carbons (Fsp3) is 0.462. The molecule has 5 nitrogen and oxygen atoms in total. The summed E-state index contributed by atoms with van der Waals surface area (Å²) in [4.78, 5) is 11.0. The molecule has 0 aliphatic carbocycles. The van der Waals surface area contributed by atoms with Crippen molar-refractivity contribution in [1.82, 2.24) is 5.32 Å². The number of nitrogens with two attached hydrogens (primary N) is 1. The Bertz CT molecular complexity index is 452. The van der Waals surface area contributed by atoms with Crippen LogP contribution in [0.4, 0.5) is 0 Å². The lowest BCUT2D eigenvalue weighted by Crippen LogP contribution is -2.26. The maximum absolute atomic E-state index is 11.0. The van der Waals surface area contributed by atoms with Crippen molar-refractivity contribution in [3.05, 3.63) is 22.7 Å². The van der Waals surface area contributed by atoms with Crippen molar-refractivity contribution < 1.29 is 14.3 Å². The highest BCUT2D eigenvalue weighted by molar-refractivity contribution is 6.30. The normalized spacial score (nSPS) is 12.0. The lowest BCUT2D eigenvalue weighted by Gasteiger charge is -2.17. The summed E-state index contributed by atoms with van der Waals surface area (Å²) in [6, 6.07) is 3.47. The molecule has 1 aromatic rings. The van der Waals surface area contributed by atoms with Gasteiger partial charge >= 0.3 is 0 Å². The summed E-state index contributed by atoms with van der Waals surface area (Å²) < 4.78 is 10.9. The first-order valence-electron chi connectivity index (χ1n) is 5.92. The number of rotatable bonds is 7. The molecule has 0 radical (unpaired) electrons. The van der Waals surface area contributed by atoms with Gasteiger partial charge in [-0.2, -0.15) is 0 Å². The van der Waals surface area contributed by atoms with Crippen LogP contribution in [0.15, 0.2) is 12.1 Å². The van der Waals surface area contributed by atoms with E-state index in [-0.39, 0.29) is 12.5 Å². The summed E-state index contributed by atoms with van der Waals surface area (Å²) in [7, 11) is 3.36. The van der Waals surface area contributed by atoms with Crippen LogP contribution in [0.1, 0.15) is 12.5 Å². The first-order valence-corrected chi connectivity index (χ1v) is 6.30. The summed E-state index contributed by atoms with van der Waals surface area (Å²) in [6.45, 7) is 2.49. The Balaban J connectivity index is 2.98. The molecular weight excluding hydrogens is 268 g/mol. The van der Waals surface area contributed by atoms with Crippen LogP contribution in [0.2, 0.25) is 5.02 Å². The van der Waals surface area contributed by atoms with Crippen LogP contribution >= 0.6 is 11.6 Å². The molecule has 6 heteroatoms. The largest absolute Gasteiger partial charge is 0.493 e. The van der Waals surface area contributed by atoms with Crippen molar-refractivity contribution in [2.75, 3.05) is 20.8 Å². The molecule has 0 spiro atoms. The van der Waals surface area contributed by atoms with E-state index in [1.54, 1.807) is 26.2 Å². The number of benzene rings is 1. The Hall–Kier alpha value is -1.46. The third-order valence-corrected chi connectivity index (χ3v) is 2.87. The van der Waals surface area contributed by atoms with E-state index in [4.69, 9.17) is 26.8 Å². The Morgan fingerprint density at radius 3 is 2.74 bits per heavy atom. The molecular formula is C13H19ClN2O3. The van der Waals surface area contributed by atoms with Crippen LogP contribution in [0.25, 0.3) is 0 Å². The summed E-state index contributed by atoms with van der Waals surface area (Å²) in [5, 5.41) is 3.59. The number of ether oxygens (including phenoxy) is 2. The van der Waals surface area contributed by atoms with E-state index in [1.165, 1.54) is 0 Å². The van der Waals surface area contributed by atoms with Gasteiger partial charge in [-0.25, -0.2) is 0 Å². The molecule has 1 atom stereocenters. The number of carbonyl (C=O) groups is 1. The molecule has 0 fully saturated rings. The number of amides is 1. The van der Waals surface area contributed by atoms with Crippen LogP contribution in [0.5, 0.6) is 11.5 Å². The molecule has 0 aliphatic rings. The van der Waals surface area contributed by atoms with Gasteiger partial charge in [0, 0.05) is 23.2 Å². The molecule has 0 aliphatic heterocycles. The van der Waals surface area contributed by atoms with Crippen LogP contribution in [-0.2, 0) is 11.3 Å². The van der Waals surface area contributed by atoms with Gasteiger partial charge in [-0.1, -0.05) is 18.5 Å².